The molecule has 120 valence electrons. The molecule has 2 aromatic rings. The van der Waals surface area contributed by atoms with E-state index in [1.165, 1.54) is 18.2 Å². The zero-order valence-corrected chi connectivity index (χ0v) is 13.5. The van der Waals surface area contributed by atoms with Crippen LogP contribution in [0.5, 0.6) is 5.75 Å². The molecule has 7 heteroatoms. The van der Waals surface area contributed by atoms with Crippen LogP contribution >= 0.6 is 23.2 Å². The number of nitrogens with two attached hydrogens (primary N) is 1. The lowest BCUT2D eigenvalue weighted by molar-refractivity contribution is -0.123. The highest BCUT2D eigenvalue weighted by Crippen LogP contribution is 2.23. The van der Waals surface area contributed by atoms with Crippen molar-refractivity contribution in [2.24, 2.45) is 5.73 Å². The van der Waals surface area contributed by atoms with Gasteiger partial charge >= 0.3 is 0 Å². The van der Waals surface area contributed by atoms with Crippen molar-refractivity contribution in [1.82, 2.24) is 5.32 Å². The predicted octanol–water partition coefficient (Wildman–Crippen LogP) is 2.79. The van der Waals surface area contributed by atoms with Crippen LogP contribution in [0, 0.1) is 0 Å². The number of primary amides is 1. The van der Waals surface area contributed by atoms with Gasteiger partial charge in [-0.25, -0.2) is 0 Å². The molecule has 0 bridgehead atoms. The highest BCUT2D eigenvalue weighted by Gasteiger charge is 2.12. The molecule has 0 radical (unpaired) electrons. The summed E-state index contributed by atoms with van der Waals surface area (Å²) < 4.78 is 5.33. The Hall–Kier alpha value is -2.24. The molecule has 0 unspecified atom stereocenters. The van der Waals surface area contributed by atoms with E-state index in [9.17, 15) is 9.59 Å². The summed E-state index contributed by atoms with van der Waals surface area (Å²) in [7, 11) is 0. The lowest BCUT2D eigenvalue weighted by Crippen LogP contribution is -2.28. The fourth-order valence-corrected chi connectivity index (χ4v) is 2.24. The molecule has 0 saturated carbocycles. The minimum atomic E-state index is -0.656. The smallest absolute Gasteiger partial charge is 0.258 e. The molecule has 3 N–H and O–H groups in total. The van der Waals surface area contributed by atoms with Crippen molar-refractivity contribution in [2.45, 2.75) is 6.54 Å². The molecule has 0 saturated heterocycles. The molecule has 0 fully saturated rings. The topological polar surface area (TPSA) is 81.4 Å². The second kappa shape index (κ2) is 7.85. The number of halogens is 2. The average molecular weight is 353 g/mol. The van der Waals surface area contributed by atoms with E-state index in [0.717, 1.165) is 5.56 Å². The quantitative estimate of drug-likeness (QED) is 0.838. The zero-order chi connectivity index (χ0) is 16.8. The van der Waals surface area contributed by atoms with Crippen molar-refractivity contribution in [2.75, 3.05) is 6.61 Å². The summed E-state index contributed by atoms with van der Waals surface area (Å²) in [5.41, 5.74) is 6.28. The first kappa shape index (κ1) is 17.1. The number of benzene rings is 2. The Kier molecular flexibility index (Phi) is 5.84. The molecule has 23 heavy (non-hydrogen) atoms. The van der Waals surface area contributed by atoms with Crippen molar-refractivity contribution in [3.8, 4) is 5.75 Å². The van der Waals surface area contributed by atoms with Gasteiger partial charge in [0.2, 0.25) is 0 Å². The summed E-state index contributed by atoms with van der Waals surface area (Å²) in [5.74, 6) is -0.834. The lowest BCUT2D eigenvalue weighted by atomic mass is 10.2. The van der Waals surface area contributed by atoms with E-state index in [-0.39, 0.29) is 23.8 Å². The second-order valence-corrected chi connectivity index (χ2v) is 5.57. The van der Waals surface area contributed by atoms with Gasteiger partial charge < -0.3 is 15.8 Å². The fourth-order valence-electron chi connectivity index (χ4n) is 1.86. The summed E-state index contributed by atoms with van der Waals surface area (Å²) in [4.78, 5) is 23.1. The highest BCUT2D eigenvalue weighted by atomic mass is 35.5. The maximum atomic E-state index is 11.8. The third kappa shape index (κ3) is 5.16. The molecule has 2 rings (SSSR count). The Morgan fingerprint density at radius 3 is 2.52 bits per heavy atom. The average Bonchev–Trinajstić information content (AvgIpc) is 2.50. The molecule has 5 nitrogen and oxygen atoms in total. The third-order valence-electron chi connectivity index (χ3n) is 2.95. The number of rotatable bonds is 6. The van der Waals surface area contributed by atoms with Gasteiger partial charge in [-0.1, -0.05) is 35.3 Å². The van der Waals surface area contributed by atoms with Gasteiger partial charge in [-0.2, -0.15) is 0 Å². The minimum absolute atomic E-state index is 0.164. The van der Waals surface area contributed by atoms with Crippen LogP contribution in [0.3, 0.4) is 0 Å². The van der Waals surface area contributed by atoms with Gasteiger partial charge in [0.1, 0.15) is 5.75 Å². The predicted molar refractivity (Wildman–Crippen MR) is 88.8 cm³/mol. The van der Waals surface area contributed by atoms with E-state index in [1.807, 2.05) is 6.07 Å². The molecule has 0 atom stereocenters. The minimum Gasteiger partial charge on any atom is -0.483 e. The van der Waals surface area contributed by atoms with Crippen molar-refractivity contribution >= 4 is 35.0 Å². The molecule has 0 aliphatic heterocycles. The van der Waals surface area contributed by atoms with Crippen LogP contribution in [-0.4, -0.2) is 18.4 Å². The number of nitrogens with one attached hydrogen (secondary N) is 1. The van der Waals surface area contributed by atoms with E-state index in [0.29, 0.717) is 16.6 Å². The van der Waals surface area contributed by atoms with E-state index >= 15 is 0 Å². The van der Waals surface area contributed by atoms with Crippen molar-refractivity contribution < 1.29 is 14.3 Å². The first-order valence-electron chi connectivity index (χ1n) is 6.69. The van der Waals surface area contributed by atoms with Gasteiger partial charge in [0.15, 0.2) is 6.61 Å². The summed E-state index contributed by atoms with van der Waals surface area (Å²) in [6.45, 7) is 0.0577. The maximum absolute atomic E-state index is 11.8. The largest absolute Gasteiger partial charge is 0.483 e. The van der Waals surface area contributed by atoms with E-state index < -0.39 is 5.91 Å². The van der Waals surface area contributed by atoms with Gasteiger partial charge in [-0.15, -0.1) is 0 Å². The Labute approximate surface area is 143 Å². The Balaban J connectivity index is 1.92. The Morgan fingerprint density at radius 2 is 1.83 bits per heavy atom. The monoisotopic (exact) mass is 352 g/mol. The van der Waals surface area contributed by atoms with Crippen LogP contribution in [0.2, 0.25) is 10.0 Å². The summed E-state index contributed by atoms with van der Waals surface area (Å²) >= 11 is 11.7. The molecule has 0 aromatic heterocycles. The summed E-state index contributed by atoms with van der Waals surface area (Å²) in [6, 6.07) is 11.6. The molecule has 0 aliphatic rings. The molecule has 2 amide bonds. The highest BCUT2D eigenvalue weighted by molar-refractivity contribution is 6.31. The SMILES string of the molecule is NC(=O)c1ccc(Cl)cc1OCC(=O)NCc1cccc(Cl)c1. The number of ether oxygens (including phenoxy) is 1. The van der Waals surface area contributed by atoms with Crippen molar-refractivity contribution in [1.29, 1.82) is 0 Å². The maximum Gasteiger partial charge on any atom is 0.258 e. The normalized spacial score (nSPS) is 10.2. The van der Waals surface area contributed by atoms with Crippen LogP contribution < -0.4 is 15.8 Å². The third-order valence-corrected chi connectivity index (χ3v) is 3.42. The summed E-state index contributed by atoms with van der Waals surface area (Å²) in [5, 5.41) is 3.66. The van der Waals surface area contributed by atoms with Gasteiger partial charge in [-0.3, -0.25) is 9.59 Å². The van der Waals surface area contributed by atoms with Gasteiger partial charge in [0.25, 0.3) is 11.8 Å². The first-order valence-corrected chi connectivity index (χ1v) is 7.44. The van der Waals surface area contributed by atoms with Crippen LogP contribution in [0.1, 0.15) is 15.9 Å². The fraction of sp³-hybridized carbons (Fsp3) is 0.125. The number of carbonyl (C=O) groups is 2. The number of hydrogen-bond acceptors (Lipinski definition) is 3. The van der Waals surface area contributed by atoms with Gasteiger partial charge in [0.05, 0.1) is 5.56 Å². The Morgan fingerprint density at radius 1 is 1.09 bits per heavy atom. The molecular formula is C16H14Cl2N2O3. The molecule has 2 aromatic carbocycles. The molecular weight excluding hydrogens is 339 g/mol. The molecule has 0 spiro atoms. The number of amides is 2. The molecule has 0 heterocycles. The van der Waals surface area contributed by atoms with Crippen LogP contribution in [0.4, 0.5) is 0 Å². The van der Waals surface area contributed by atoms with Gasteiger partial charge in [-0.05, 0) is 35.9 Å². The van der Waals surface area contributed by atoms with Crippen molar-refractivity contribution in [3.05, 3.63) is 63.6 Å². The van der Waals surface area contributed by atoms with E-state index in [4.69, 9.17) is 33.7 Å². The summed E-state index contributed by atoms with van der Waals surface area (Å²) in [6.07, 6.45) is 0. The van der Waals surface area contributed by atoms with Crippen molar-refractivity contribution in [3.63, 3.8) is 0 Å². The number of hydrogen-bond donors (Lipinski definition) is 2. The van der Waals surface area contributed by atoms with Crippen LogP contribution in [0.15, 0.2) is 42.5 Å². The molecule has 0 aliphatic carbocycles. The second-order valence-electron chi connectivity index (χ2n) is 4.70. The lowest BCUT2D eigenvalue weighted by Gasteiger charge is -2.10. The zero-order valence-electron chi connectivity index (χ0n) is 12.0. The van der Waals surface area contributed by atoms with Crippen LogP contribution in [-0.2, 0) is 11.3 Å². The number of carbonyl (C=O) groups excluding carboxylic acids is 2. The van der Waals surface area contributed by atoms with Gasteiger partial charge in [0, 0.05) is 16.6 Å². The first-order chi connectivity index (χ1) is 11.0. The van der Waals surface area contributed by atoms with E-state index in [1.54, 1.807) is 18.2 Å². The Bertz CT molecular complexity index is 735. The standard InChI is InChI=1S/C16H14Cl2N2O3/c17-11-3-1-2-10(6-11)8-20-15(21)9-23-14-7-12(18)4-5-13(14)16(19)22/h1-7H,8-9H2,(H2,19,22)(H,20,21). The van der Waals surface area contributed by atoms with E-state index in [2.05, 4.69) is 5.32 Å². The van der Waals surface area contributed by atoms with Crippen LogP contribution in [0.25, 0.3) is 0 Å².